The van der Waals surface area contributed by atoms with Crippen molar-refractivity contribution < 1.29 is 23.0 Å². The van der Waals surface area contributed by atoms with Crippen LogP contribution < -0.4 is 5.32 Å². The molecule has 3 aromatic rings. The Morgan fingerprint density at radius 1 is 1.48 bits per heavy atom. The van der Waals surface area contributed by atoms with E-state index < -0.39 is 30.5 Å². The van der Waals surface area contributed by atoms with Crippen LogP contribution in [-0.4, -0.2) is 25.6 Å². The van der Waals surface area contributed by atoms with Crippen molar-refractivity contribution in [2.75, 3.05) is 0 Å². The Morgan fingerprint density at radius 3 is 2.78 bits per heavy atom. The van der Waals surface area contributed by atoms with Gasteiger partial charge in [0.1, 0.15) is 11.2 Å². The predicted molar refractivity (Wildman–Crippen MR) is 100 cm³/mol. The fourth-order valence-corrected chi connectivity index (χ4v) is 5.23. The van der Waals surface area contributed by atoms with Crippen LogP contribution in [0.5, 0.6) is 0 Å². The number of thiophene rings is 1. The SMILES string of the molecule is CC(NC(=O)c1ccc2sc(C(F)(F)[P+](=O)O)c(Br)c2c1)c1nncn1C. The molecule has 1 aromatic carbocycles. The molecule has 1 amide bonds. The summed E-state index contributed by atoms with van der Waals surface area (Å²) in [5, 5.41) is 10.8. The van der Waals surface area contributed by atoms with Crippen LogP contribution in [0.2, 0.25) is 0 Å². The number of hydrogen-bond acceptors (Lipinski definition) is 5. The fourth-order valence-electron chi connectivity index (χ4n) is 2.52. The molecule has 0 aliphatic heterocycles. The van der Waals surface area contributed by atoms with Crippen molar-refractivity contribution in [1.29, 1.82) is 0 Å². The summed E-state index contributed by atoms with van der Waals surface area (Å²) in [5.41, 5.74) is -3.61. The van der Waals surface area contributed by atoms with Gasteiger partial charge in [0.25, 0.3) is 5.91 Å². The third-order valence-electron chi connectivity index (χ3n) is 3.88. The van der Waals surface area contributed by atoms with Crippen LogP contribution in [0.15, 0.2) is 29.0 Å². The van der Waals surface area contributed by atoms with Crippen LogP contribution >= 0.6 is 35.3 Å². The Labute approximate surface area is 165 Å². The highest BCUT2D eigenvalue weighted by Gasteiger charge is 2.56. The second kappa shape index (κ2) is 7.31. The zero-order chi connectivity index (χ0) is 19.9. The van der Waals surface area contributed by atoms with E-state index in [9.17, 15) is 18.1 Å². The average molecular weight is 478 g/mol. The van der Waals surface area contributed by atoms with E-state index in [1.807, 2.05) is 0 Å². The van der Waals surface area contributed by atoms with Gasteiger partial charge in [0.05, 0.1) is 10.5 Å². The fraction of sp³-hybridized carbons (Fsp3) is 0.267. The molecule has 12 heteroatoms. The van der Waals surface area contributed by atoms with Crippen molar-refractivity contribution in [2.45, 2.75) is 18.6 Å². The molecular formula is C15H13BrF2N4O3PS+. The first-order chi connectivity index (χ1) is 12.6. The molecule has 0 bridgehead atoms. The molecule has 0 fully saturated rings. The molecule has 7 nitrogen and oxygen atoms in total. The summed E-state index contributed by atoms with van der Waals surface area (Å²) >= 11 is 3.77. The minimum Gasteiger partial charge on any atom is -0.342 e. The molecule has 0 radical (unpaired) electrons. The summed E-state index contributed by atoms with van der Waals surface area (Å²) in [4.78, 5) is 20.9. The van der Waals surface area contributed by atoms with Gasteiger partial charge in [0.15, 0.2) is 5.82 Å². The van der Waals surface area contributed by atoms with Crippen LogP contribution in [-0.2, 0) is 17.3 Å². The number of nitrogens with zero attached hydrogens (tertiary/aromatic N) is 3. The van der Waals surface area contributed by atoms with Gasteiger partial charge < -0.3 is 9.88 Å². The van der Waals surface area contributed by atoms with E-state index in [4.69, 9.17) is 4.89 Å². The summed E-state index contributed by atoms with van der Waals surface area (Å²) in [6.07, 6.45) is 1.51. The number of benzene rings is 1. The van der Waals surface area contributed by atoms with E-state index in [2.05, 4.69) is 31.4 Å². The molecule has 2 atom stereocenters. The Hall–Kier alpha value is -1.81. The average Bonchev–Trinajstić information content (AvgIpc) is 3.18. The number of aryl methyl sites for hydroxylation is 1. The number of carbonyl (C=O) groups excluding carboxylic acids is 1. The molecule has 2 unspecified atom stereocenters. The molecule has 3 rings (SSSR count). The van der Waals surface area contributed by atoms with Crippen molar-refractivity contribution in [2.24, 2.45) is 7.05 Å². The number of hydrogen-bond donors (Lipinski definition) is 2. The van der Waals surface area contributed by atoms with Crippen molar-refractivity contribution in [3.05, 3.63) is 45.3 Å². The van der Waals surface area contributed by atoms with Crippen LogP contribution in [0.3, 0.4) is 0 Å². The Bertz CT molecular complexity index is 1060. The number of fused-ring (bicyclic) bond motifs is 1. The predicted octanol–water partition coefficient (Wildman–Crippen LogP) is 4.07. The lowest BCUT2D eigenvalue weighted by Crippen LogP contribution is -2.28. The monoisotopic (exact) mass is 477 g/mol. The number of carbonyl (C=O) groups is 1. The molecule has 2 heterocycles. The van der Waals surface area contributed by atoms with Crippen molar-refractivity contribution in [3.8, 4) is 0 Å². The summed E-state index contributed by atoms with van der Waals surface area (Å²) in [5.74, 6) is 0.155. The standard InChI is InChI=1S/C15H12BrF2N4O3PS/c1-7(13-21-19-6-22(13)2)20-14(23)8-3-4-10-9(5-8)11(16)12(27-10)15(17,18)26(24)25/h3-7H,1-2H3,(H-,20,23,24,25)/p+1. The van der Waals surface area contributed by atoms with Gasteiger partial charge in [-0.2, -0.15) is 4.89 Å². The molecule has 0 spiro atoms. The third kappa shape index (κ3) is 3.64. The summed E-state index contributed by atoms with van der Waals surface area (Å²) < 4.78 is 41.0. The zero-order valence-electron chi connectivity index (χ0n) is 14.0. The lowest BCUT2D eigenvalue weighted by Gasteiger charge is -2.13. The van der Waals surface area contributed by atoms with E-state index in [0.29, 0.717) is 27.2 Å². The summed E-state index contributed by atoms with van der Waals surface area (Å²) in [6.45, 7) is 1.75. The molecule has 0 aliphatic rings. The molecular weight excluding hydrogens is 465 g/mol. The Balaban J connectivity index is 1.92. The third-order valence-corrected chi connectivity index (χ3v) is 7.07. The normalized spacial score (nSPS) is 13.6. The second-order valence-corrected chi connectivity index (χ2v) is 8.72. The number of nitrogens with one attached hydrogen (secondary N) is 1. The topological polar surface area (TPSA) is 97.1 Å². The molecule has 2 aromatic heterocycles. The quantitative estimate of drug-likeness (QED) is 0.540. The first-order valence-corrected chi connectivity index (χ1v) is 10.4. The van der Waals surface area contributed by atoms with E-state index in [-0.39, 0.29) is 10.0 Å². The number of amides is 1. The van der Waals surface area contributed by atoms with Gasteiger partial charge >= 0.3 is 13.7 Å². The smallest absolute Gasteiger partial charge is 0.342 e. The lowest BCUT2D eigenvalue weighted by molar-refractivity contribution is 0.0849. The van der Waals surface area contributed by atoms with E-state index in [0.717, 1.165) is 0 Å². The number of aromatic nitrogens is 3. The maximum atomic E-state index is 14.0. The van der Waals surface area contributed by atoms with Gasteiger partial charge in [-0.05, 0) is 45.6 Å². The van der Waals surface area contributed by atoms with Gasteiger partial charge in [-0.25, -0.2) is 0 Å². The van der Waals surface area contributed by atoms with Crippen molar-refractivity contribution in [1.82, 2.24) is 20.1 Å². The molecule has 0 aliphatic carbocycles. The van der Waals surface area contributed by atoms with Crippen LogP contribution in [0.25, 0.3) is 10.1 Å². The van der Waals surface area contributed by atoms with Gasteiger partial charge in [0, 0.05) is 22.7 Å². The number of halogens is 3. The minimum absolute atomic E-state index is 0.000833. The van der Waals surface area contributed by atoms with E-state index in [1.54, 1.807) is 18.5 Å². The van der Waals surface area contributed by atoms with E-state index in [1.165, 1.54) is 24.5 Å². The zero-order valence-corrected chi connectivity index (χ0v) is 17.3. The highest BCUT2D eigenvalue weighted by Crippen LogP contribution is 2.54. The highest BCUT2D eigenvalue weighted by molar-refractivity contribution is 9.10. The second-order valence-electron chi connectivity index (χ2n) is 5.77. The van der Waals surface area contributed by atoms with Crippen LogP contribution in [0.1, 0.15) is 34.0 Å². The first-order valence-electron chi connectivity index (χ1n) is 7.54. The van der Waals surface area contributed by atoms with Gasteiger partial charge in [0.2, 0.25) is 0 Å². The first kappa shape index (κ1) is 19.9. The maximum absolute atomic E-state index is 14.0. The molecule has 142 valence electrons. The van der Waals surface area contributed by atoms with Crippen molar-refractivity contribution in [3.63, 3.8) is 0 Å². The van der Waals surface area contributed by atoms with Gasteiger partial charge in [-0.3, -0.25) is 4.79 Å². The van der Waals surface area contributed by atoms with Gasteiger partial charge in [-0.1, -0.05) is 0 Å². The maximum Gasteiger partial charge on any atom is 0.590 e. The Kier molecular flexibility index (Phi) is 5.40. The molecule has 0 saturated carbocycles. The number of alkyl halides is 2. The van der Waals surface area contributed by atoms with Crippen molar-refractivity contribution >= 4 is 51.3 Å². The van der Waals surface area contributed by atoms with Crippen LogP contribution in [0, 0.1) is 0 Å². The lowest BCUT2D eigenvalue weighted by atomic mass is 10.1. The van der Waals surface area contributed by atoms with E-state index >= 15 is 0 Å². The molecule has 0 saturated heterocycles. The molecule has 2 N–H and O–H groups in total. The summed E-state index contributed by atoms with van der Waals surface area (Å²) in [6, 6.07) is 4.07. The minimum atomic E-state index is -3.88. The van der Waals surface area contributed by atoms with Gasteiger partial charge in [-0.15, -0.1) is 30.3 Å². The number of rotatable bonds is 5. The summed E-state index contributed by atoms with van der Waals surface area (Å²) in [7, 11) is -1.98. The van der Waals surface area contributed by atoms with Crippen LogP contribution in [0.4, 0.5) is 8.78 Å². The Morgan fingerprint density at radius 2 is 2.19 bits per heavy atom. The largest absolute Gasteiger partial charge is 0.590 e. The highest BCUT2D eigenvalue weighted by atomic mass is 79.9. The molecule has 27 heavy (non-hydrogen) atoms.